The number of nitrogens with two attached hydrogens (primary N) is 1. The van der Waals surface area contributed by atoms with Crippen LogP contribution in [0.15, 0.2) is 40.8 Å². The molecule has 0 amide bonds. The maximum Gasteiger partial charge on any atom is 0.171 e. The Bertz CT molecular complexity index is 514. The van der Waals surface area contributed by atoms with Gasteiger partial charge in [0.2, 0.25) is 0 Å². The van der Waals surface area contributed by atoms with Gasteiger partial charge in [-0.05, 0) is 50.1 Å². The third-order valence-corrected chi connectivity index (χ3v) is 3.11. The van der Waals surface area contributed by atoms with Crippen molar-refractivity contribution in [3.05, 3.63) is 53.5 Å². The summed E-state index contributed by atoms with van der Waals surface area (Å²) in [6, 6.07) is 11.8. The second-order valence-corrected chi connectivity index (χ2v) is 4.84. The fourth-order valence-corrected chi connectivity index (χ4v) is 1.98. The molecule has 2 N–H and O–H groups in total. The smallest absolute Gasteiger partial charge is 0.171 e. The van der Waals surface area contributed by atoms with Crippen LogP contribution in [0.4, 0.5) is 0 Å². The normalized spacial score (nSPS) is 14.1. The molecular formula is C16H21NO2. The molecule has 2 aromatic rings. The first-order valence-electron chi connectivity index (χ1n) is 6.67. The molecular weight excluding hydrogens is 238 g/mol. The van der Waals surface area contributed by atoms with Crippen molar-refractivity contribution in [2.45, 2.75) is 39.3 Å². The van der Waals surface area contributed by atoms with Gasteiger partial charge in [0, 0.05) is 6.04 Å². The Morgan fingerprint density at radius 1 is 1.16 bits per heavy atom. The van der Waals surface area contributed by atoms with Crippen LogP contribution in [-0.2, 0) is 6.42 Å². The predicted octanol–water partition coefficient (Wildman–Crippen LogP) is 3.62. The largest absolute Gasteiger partial charge is 0.481 e. The highest BCUT2D eigenvalue weighted by molar-refractivity contribution is 5.28. The predicted molar refractivity (Wildman–Crippen MR) is 76.3 cm³/mol. The van der Waals surface area contributed by atoms with Gasteiger partial charge in [0.25, 0.3) is 0 Å². The highest BCUT2D eigenvalue weighted by Crippen LogP contribution is 2.26. The number of hydrogen-bond acceptors (Lipinski definition) is 3. The van der Waals surface area contributed by atoms with Crippen molar-refractivity contribution in [2.75, 3.05) is 0 Å². The van der Waals surface area contributed by atoms with Crippen molar-refractivity contribution in [1.29, 1.82) is 0 Å². The lowest BCUT2D eigenvalue weighted by atomic mass is 10.1. The van der Waals surface area contributed by atoms with Crippen LogP contribution in [0.2, 0.25) is 0 Å². The van der Waals surface area contributed by atoms with Crippen LogP contribution in [0.25, 0.3) is 0 Å². The standard InChI is InChI=1S/C16H21NO2/c1-4-13-6-8-14(9-7-13)19-16(12(3)17)15-10-5-11(2)18-15/h5-10,12,16H,4,17H2,1-3H3. The van der Waals surface area contributed by atoms with Crippen molar-refractivity contribution >= 4 is 0 Å². The molecule has 0 saturated carbocycles. The van der Waals surface area contributed by atoms with E-state index in [2.05, 4.69) is 19.1 Å². The Labute approximate surface area is 114 Å². The van der Waals surface area contributed by atoms with E-state index in [1.165, 1.54) is 5.56 Å². The topological polar surface area (TPSA) is 48.4 Å². The van der Waals surface area contributed by atoms with Gasteiger partial charge in [-0.3, -0.25) is 0 Å². The maximum atomic E-state index is 6.00. The zero-order valence-electron chi connectivity index (χ0n) is 11.7. The van der Waals surface area contributed by atoms with Gasteiger partial charge < -0.3 is 14.9 Å². The van der Waals surface area contributed by atoms with Crippen molar-refractivity contribution in [3.8, 4) is 5.75 Å². The van der Waals surface area contributed by atoms with E-state index in [1.807, 2.05) is 38.1 Å². The second kappa shape index (κ2) is 5.93. The van der Waals surface area contributed by atoms with Crippen LogP contribution in [-0.4, -0.2) is 6.04 Å². The van der Waals surface area contributed by atoms with Gasteiger partial charge in [-0.1, -0.05) is 19.1 Å². The molecule has 0 aliphatic carbocycles. The lowest BCUT2D eigenvalue weighted by Gasteiger charge is -2.20. The van der Waals surface area contributed by atoms with Gasteiger partial charge in [-0.15, -0.1) is 0 Å². The van der Waals surface area contributed by atoms with E-state index in [0.29, 0.717) is 0 Å². The molecule has 2 atom stereocenters. The molecule has 0 spiro atoms. The molecule has 2 rings (SSSR count). The SMILES string of the molecule is CCc1ccc(OC(c2ccc(C)o2)C(C)N)cc1. The molecule has 1 aromatic carbocycles. The number of hydrogen-bond donors (Lipinski definition) is 1. The summed E-state index contributed by atoms with van der Waals surface area (Å²) in [5.41, 5.74) is 7.29. The van der Waals surface area contributed by atoms with Gasteiger partial charge in [-0.25, -0.2) is 0 Å². The van der Waals surface area contributed by atoms with Crippen molar-refractivity contribution in [1.82, 2.24) is 0 Å². The molecule has 1 heterocycles. The van der Waals surface area contributed by atoms with Crippen molar-refractivity contribution < 1.29 is 9.15 Å². The quantitative estimate of drug-likeness (QED) is 0.892. The van der Waals surface area contributed by atoms with Crippen molar-refractivity contribution in [2.24, 2.45) is 5.73 Å². The lowest BCUT2D eigenvalue weighted by molar-refractivity contribution is 0.152. The summed E-state index contributed by atoms with van der Waals surface area (Å²) >= 11 is 0. The number of furan rings is 1. The minimum Gasteiger partial charge on any atom is -0.481 e. The molecule has 0 aliphatic rings. The highest BCUT2D eigenvalue weighted by atomic mass is 16.5. The Morgan fingerprint density at radius 3 is 2.32 bits per heavy atom. The molecule has 19 heavy (non-hydrogen) atoms. The molecule has 0 bridgehead atoms. The Morgan fingerprint density at radius 2 is 1.84 bits per heavy atom. The van der Waals surface area contributed by atoms with E-state index >= 15 is 0 Å². The molecule has 0 fully saturated rings. The maximum absolute atomic E-state index is 6.00. The zero-order chi connectivity index (χ0) is 13.8. The summed E-state index contributed by atoms with van der Waals surface area (Å²) in [7, 11) is 0. The van der Waals surface area contributed by atoms with E-state index < -0.39 is 0 Å². The van der Waals surface area contributed by atoms with Crippen LogP contribution < -0.4 is 10.5 Å². The minimum absolute atomic E-state index is 0.142. The fraction of sp³-hybridized carbons (Fsp3) is 0.375. The molecule has 1 aromatic heterocycles. The van der Waals surface area contributed by atoms with Crippen LogP contribution >= 0.6 is 0 Å². The number of aryl methyl sites for hydroxylation is 2. The Kier molecular flexibility index (Phi) is 4.27. The molecule has 0 aliphatic heterocycles. The third-order valence-electron chi connectivity index (χ3n) is 3.11. The Hall–Kier alpha value is -1.74. The first kappa shape index (κ1) is 13.7. The van der Waals surface area contributed by atoms with Gasteiger partial charge in [-0.2, -0.15) is 0 Å². The number of benzene rings is 1. The van der Waals surface area contributed by atoms with E-state index in [9.17, 15) is 0 Å². The third kappa shape index (κ3) is 3.38. The van der Waals surface area contributed by atoms with E-state index in [0.717, 1.165) is 23.7 Å². The Balaban J connectivity index is 2.16. The first-order valence-corrected chi connectivity index (χ1v) is 6.67. The molecule has 0 saturated heterocycles. The fourth-order valence-electron chi connectivity index (χ4n) is 1.98. The molecule has 0 radical (unpaired) electrons. The number of rotatable bonds is 5. The number of ether oxygens (including phenoxy) is 1. The summed E-state index contributed by atoms with van der Waals surface area (Å²) < 4.78 is 11.6. The molecule has 3 heteroatoms. The average molecular weight is 259 g/mol. The first-order chi connectivity index (χ1) is 9.10. The summed E-state index contributed by atoms with van der Waals surface area (Å²) in [6.45, 7) is 5.97. The second-order valence-electron chi connectivity index (χ2n) is 4.84. The van der Waals surface area contributed by atoms with Gasteiger partial charge in [0.15, 0.2) is 6.10 Å². The molecule has 2 unspecified atom stereocenters. The van der Waals surface area contributed by atoms with Crippen LogP contribution in [0, 0.1) is 6.92 Å². The van der Waals surface area contributed by atoms with Crippen LogP contribution in [0.3, 0.4) is 0 Å². The lowest BCUT2D eigenvalue weighted by Crippen LogP contribution is -2.28. The van der Waals surface area contributed by atoms with Gasteiger partial charge >= 0.3 is 0 Å². The summed E-state index contributed by atoms with van der Waals surface area (Å²) in [5.74, 6) is 2.45. The highest BCUT2D eigenvalue weighted by Gasteiger charge is 2.21. The van der Waals surface area contributed by atoms with Gasteiger partial charge in [0.1, 0.15) is 17.3 Å². The summed E-state index contributed by atoms with van der Waals surface area (Å²) in [4.78, 5) is 0. The minimum atomic E-state index is -0.263. The zero-order valence-corrected chi connectivity index (χ0v) is 11.7. The average Bonchev–Trinajstić information content (AvgIpc) is 2.82. The van der Waals surface area contributed by atoms with Crippen molar-refractivity contribution in [3.63, 3.8) is 0 Å². The summed E-state index contributed by atoms with van der Waals surface area (Å²) in [6.07, 6.45) is 0.759. The van der Waals surface area contributed by atoms with Crippen LogP contribution in [0.1, 0.15) is 37.0 Å². The van der Waals surface area contributed by atoms with Crippen LogP contribution in [0.5, 0.6) is 5.75 Å². The summed E-state index contributed by atoms with van der Waals surface area (Å²) in [5, 5.41) is 0. The van der Waals surface area contributed by atoms with E-state index in [4.69, 9.17) is 14.9 Å². The molecule has 102 valence electrons. The molecule has 3 nitrogen and oxygen atoms in total. The monoisotopic (exact) mass is 259 g/mol. The van der Waals surface area contributed by atoms with E-state index in [1.54, 1.807) is 0 Å². The van der Waals surface area contributed by atoms with E-state index in [-0.39, 0.29) is 12.1 Å². The van der Waals surface area contributed by atoms with Gasteiger partial charge in [0.05, 0.1) is 0 Å².